The lowest BCUT2D eigenvalue weighted by molar-refractivity contribution is 0.0622. The quantitative estimate of drug-likeness (QED) is 0.596. The summed E-state index contributed by atoms with van der Waals surface area (Å²) in [7, 11) is 0. The first-order valence-electron chi connectivity index (χ1n) is 10.1. The third-order valence-electron chi connectivity index (χ3n) is 5.20. The molecule has 2 aromatic carbocycles. The van der Waals surface area contributed by atoms with Gasteiger partial charge in [-0.15, -0.1) is 0 Å². The monoisotopic (exact) mass is 421 g/mol. The van der Waals surface area contributed by atoms with E-state index < -0.39 is 0 Å². The van der Waals surface area contributed by atoms with Crippen LogP contribution >= 0.6 is 11.6 Å². The third-order valence-corrected chi connectivity index (χ3v) is 5.45. The fourth-order valence-electron chi connectivity index (χ4n) is 3.51. The highest BCUT2D eigenvalue weighted by Crippen LogP contribution is 2.22. The number of carbonyl (C=O) groups excluding carboxylic acids is 1. The number of carbonyl (C=O) groups is 1. The molecule has 1 aromatic heterocycles. The zero-order chi connectivity index (χ0) is 20.8. The van der Waals surface area contributed by atoms with Crippen LogP contribution in [0.1, 0.15) is 21.6 Å². The molecule has 0 atom stereocenters. The molecule has 1 aliphatic heterocycles. The summed E-state index contributed by atoms with van der Waals surface area (Å²) in [6.07, 6.45) is 1.82. The molecule has 4 rings (SSSR count). The molecule has 0 N–H and O–H groups in total. The van der Waals surface area contributed by atoms with Gasteiger partial charge in [0.2, 0.25) is 0 Å². The van der Waals surface area contributed by atoms with E-state index in [9.17, 15) is 4.79 Å². The molecule has 0 bridgehead atoms. The van der Waals surface area contributed by atoms with Crippen molar-refractivity contribution in [1.29, 1.82) is 0 Å². The van der Waals surface area contributed by atoms with Crippen molar-refractivity contribution in [3.8, 4) is 5.75 Å². The van der Waals surface area contributed by atoms with E-state index in [1.165, 1.54) is 0 Å². The maximum atomic E-state index is 13.1. The smallest absolute Gasteiger partial charge is 0.257 e. The molecule has 154 valence electrons. The average molecular weight is 422 g/mol. The van der Waals surface area contributed by atoms with Gasteiger partial charge in [-0.3, -0.25) is 14.7 Å². The number of hydrogen-bond acceptors (Lipinski definition) is 4. The van der Waals surface area contributed by atoms with Crippen molar-refractivity contribution in [3.63, 3.8) is 0 Å². The van der Waals surface area contributed by atoms with Crippen LogP contribution in [-0.4, -0.2) is 46.9 Å². The molecule has 6 heteroatoms. The summed E-state index contributed by atoms with van der Waals surface area (Å²) in [6, 6.07) is 20.9. The van der Waals surface area contributed by atoms with Crippen LogP contribution in [0.2, 0.25) is 5.02 Å². The maximum absolute atomic E-state index is 13.1. The van der Waals surface area contributed by atoms with Crippen molar-refractivity contribution in [3.05, 3.63) is 94.8 Å². The van der Waals surface area contributed by atoms with E-state index >= 15 is 0 Å². The van der Waals surface area contributed by atoms with E-state index in [0.717, 1.165) is 30.9 Å². The number of rotatable bonds is 6. The Balaban J connectivity index is 1.36. The van der Waals surface area contributed by atoms with Crippen molar-refractivity contribution in [2.75, 3.05) is 26.2 Å². The Morgan fingerprint density at radius 2 is 1.67 bits per heavy atom. The molecule has 0 saturated carbocycles. The lowest BCUT2D eigenvalue weighted by Gasteiger charge is -2.34. The number of pyridine rings is 1. The molecule has 0 spiro atoms. The third kappa shape index (κ3) is 5.17. The number of hydrogen-bond donors (Lipinski definition) is 0. The van der Waals surface area contributed by atoms with Gasteiger partial charge in [-0.05, 0) is 42.0 Å². The Morgan fingerprint density at radius 3 is 2.40 bits per heavy atom. The molecule has 1 aliphatic rings. The number of halogens is 1. The minimum Gasteiger partial charge on any atom is -0.488 e. The summed E-state index contributed by atoms with van der Waals surface area (Å²) in [4.78, 5) is 21.8. The first-order chi connectivity index (χ1) is 14.7. The largest absolute Gasteiger partial charge is 0.488 e. The van der Waals surface area contributed by atoms with Crippen molar-refractivity contribution in [2.45, 2.75) is 13.2 Å². The van der Waals surface area contributed by atoms with Crippen LogP contribution in [0, 0.1) is 0 Å². The molecular formula is C24H24ClN3O2. The van der Waals surface area contributed by atoms with Crippen LogP contribution < -0.4 is 4.74 Å². The van der Waals surface area contributed by atoms with E-state index in [-0.39, 0.29) is 5.91 Å². The van der Waals surface area contributed by atoms with Crippen LogP contribution in [0.25, 0.3) is 0 Å². The minimum atomic E-state index is 0.0131. The number of benzene rings is 2. The Bertz CT molecular complexity index is 971. The maximum Gasteiger partial charge on any atom is 0.257 e. The normalized spacial score (nSPS) is 14.5. The molecule has 1 saturated heterocycles. The highest BCUT2D eigenvalue weighted by atomic mass is 35.5. The van der Waals surface area contributed by atoms with Gasteiger partial charge in [-0.1, -0.05) is 41.9 Å². The topological polar surface area (TPSA) is 45.7 Å². The van der Waals surface area contributed by atoms with Crippen molar-refractivity contribution in [2.24, 2.45) is 0 Å². The highest BCUT2D eigenvalue weighted by molar-refractivity contribution is 6.30. The van der Waals surface area contributed by atoms with Crippen molar-refractivity contribution < 1.29 is 9.53 Å². The van der Waals surface area contributed by atoms with E-state index in [1.54, 1.807) is 0 Å². The van der Waals surface area contributed by atoms with Crippen LogP contribution in [0.3, 0.4) is 0 Å². The van der Waals surface area contributed by atoms with E-state index in [0.29, 0.717) is 36.0 Å². The van der Waals surface area contributed by atoms with Gasteiger partial charge < -0.3 is 9.64 Å². The number of amides is 1. The fourth-order valence-corrected chi connectivity index (χ4v) is 3.64. The number of para-hydroxylation sites is 1. The van der Waals surface area contributed by atoms with E-state index in [4.69, 9.17) is 16.3 Å². The Kier molecular flexibility index (Phi) is 6.62. The second-order valence-electron chi connectivity index (χ2n) is 7.30. The van der Waals surface area contributed by atoms with E-state index in [2.05, 4.69) is 9.88 Å². The number of ether oxygens (including phenoxy) is 1. The van der Waals surface area contributed by atoms with Crippen LogP contribution in [0.15, 0.2) is 72.9 Å². The molecule has 0 aliphatic carbocycles. The van der Waals surface area contributed by atoms with E-state index in [1.807, 2.05) is 77.8 Å². The van der Waals surface area contributed by atoms with Crippen molar-refractivity contribution in [1.82, 2.24) is 14.8 Å². The van der Waals surface area contributed by atoms with Crippen LogP contribution in [-0.2, 0) is 13.2 Å². The first kappa shape index (κ1) is 20.4. The fraction of sp³-hybridized carbons (Fsp3) is 0.250. The second kappa shape index (κ2) is 9.74. The van der Waals surface area contributed by atoms with Gasteiger partial charge in [0.05, 0.1) is 11.3 Å². The van der Waals surface area contributed by atoms with Gasteiger partial charge >= 0.3 is 0 Å². The summed E-state index contributed by atoms with van der Waals surface area (Å²) in [5, 5.41) is 0.691. The van der Waals surface area contributed by atoms with Gasteiger partial charge in [0, 0.05) is 43.9 Å². The molecule has 2 heterocycles. The summed E-state index contributed by atoms with van der Waals surface area (Å²) in [5.74, 6) is 0.618. The molecule has 0 unspecified atom stereocenters. The summed E-state index contributed by atoms with van der Waals surface area (Å²) < 4.78 is 5.97. The molecule has 5 nitrogen and oxygen atoms in total. The lowest BCUT2D eigenvalue weighted by Crippen LogP contribution is -2.48. The Labute approximate surface area is 181 Å². The first-order valence-corrected chi connectivity index (χ1v) is 10.4. The van der Waals surface area contributed by atoms with Gasteiger partial charge in [-0.2, -0.15) is 0 Å². The predicted molar refractivity (Wildman–Crippen MR) is 118 cm³/mol. The SMILES string of the molecule is O=C(c1ccccc1OCc1ccc(Cl)cc1)N1CCN(Cc2ccccn2)CC1. The Morgan fingerprint density at radius 1 is 0.933 bits per heavy atom. The summed E-state index contributed by atoms with van der Waals surface area (Å²) >= 11 is 5.94. The molecule has 0 radical (unpaired) electrons. The zero-order valence-electron chi connectivity index (χ0n) is 16.7. The number of piperazine rings is 1. The van der Waals surface area contributed by atoms with Gasteiger partial charge in [-0.25, -0.2) is 0 Å². The minimum absolute atomic E-state index is 0.0131. The molecule has 3 aromatic rings. The summed E-state index contributed by atoms with van der Waals surface area (Å²) in [5.41, 5.74) is 2.66. The summed E-state index contributed by atoms with van der Waals surface area (Å²) in [6.45, 7) is 4.24. The zero-order valence-corrected chi connectivity index (χ0v) is 17.5. The molecular weight excluding hydrogens is 398 g/mol. The standard InChI is InChI=1S/C24H24ClN3O2/c25-20-10-8-19(9-11-20)18-30-23-7-2-1-6-22(23)24(29)28-15-13-27(14-16-28)17-21-5-3-4-12-26-21/h1-12H,13-18H2. The van der Waals surface area contributed by atoms with Crippen LogP contribution in [0.5, 0.6) is 5.75 Å². The van der Waals surface area contributed by atoms with Crippen LogP contribution in [0.4, 0.5) is 0 Å². The molecule has 30 heavy (non-hydrogen) atoms. The van der Waals surface area contributed by atoms with Gasteiger partial charge in [0.25, 0.3) is 5.91 Å². The second-order valence-corrected chi connectivity index (χ2v) is 7.74. The molecule has 1 fully saturated rings. The predicted octanol–water partition coefficient (Wildman–Crippen LogP) is 4.27. The average Bonchev–Trinajstić information content (AvgIpc) is 2.80. The van der Waals surface area contributed by atoms with Gasteiger partial charge in [0.15, 0.2) is 0 Å². The number of nitrogens with zero attached hydrogens (tertiary/aromatic N) is 3. The number of aromatic nitrogens is 1. The van der Waals surface area contributed by atoms with Crippen molar-refractivity contribution >= 4 is 17.5 Å². The lowest BCUT2D eigenvalue weighted by atomic mass is 10.1. The Hall–Kier alpha value is -2.89. The van der Waals surface area contributed by atoms with Gasteiger partial charge in [0.1, 0.15) is 12.4 Å². The molecule has 1 amide bonds. The highest BCUT2D eigenvalue weighted by Gasteiger charge is 2.24.